The van der Waals surface area contributed by atoms with Crippen LogP contribution in [0.25, 0.3) is 0 Å². The van der Waals surface area contributed by atoms with Crippen LogP contribution in [0.4, 0.5) is 4.39 Å². The molecule has 1 aliphatic rings. The molecule has 1 N–H and O–H groups in total. The lowest BCUT2D eigenvalue weighted by Gasteiger charge is -2.16. The third-order valence-corrected chi connectivity index (χ3v) is 3.21. The number of rotatable bonds is 5. The van der Waals surface area contributed by atoms with E-state index in [1.165, 1.54) is 6.07 Å². The van der Waals surface area contributed by atoms with E-state index in [-0.39, 0.29) is 5.82 Å². The summed E-state index contributed by atoms with van der Waals surface area (Å²) in [5, 5.41) is 3.49. The Kier molecular flexibility index (Phi) is 4.51. The van der Waals surface area contributed by atoms with Gasteiger partial charge in [-0.2, -0.15) is 0 Å². The molecule has 0 aromatic heterocycles. The van der Waals surface area contributed by atoms with Crippen LogP contribution >= 0.6 is 0 Å². The van der Waals surface area contributed by atoms with Crippen LogP contribution in [0.3, 0.4) is 0 Å². The van der Waals surface area contributed by atoms with Crippen molar-refractivity contribution in [3.8, 4) is 0 Å². The third-order valence-electron chi connectivity index (χ3n) is 3.21. The fourth-order valence-electron chi connectivity index (χ4n) is 2.20. The van der Waals surface area contributed by atoms with Crippen molar-refractivity contribution in [2.75, 3.05) is 19.8 Å². The maximum absolute atomic E-state index is 13.0. The number of halogens is 1. The summed E-state index contributed by atoms with van der Waals surface area (Å²) in [6.07, 6.45) is 2.02. The van der Waals surface area contributed by atoms with E-state index in [1.807, 2.05) is 6.07 Å². The average Bonchev–Trinajstić information content (AvgIpc) is 2.79. The SMILES string of the molecule is CC(Cc1cccc(F)c1)NCC1CCOC1. The van der Waals surface area contributed by atoms with Gasteiger partial charge in [0.15, 0.2) is 0 Å². The highest BCUT2D eigenvalue weighted by atomic mass is 19.1. The average molecular weight is 237 g/mol. The molecule has 0 spiro atoms. The van der Waals surface area contributed by atoms with E-state index in [0.717, 1.165) is 38.2 Å². The van der Waals surface area contributed by atoms with Crippen LogP contribution < -0.4 is 5.32 Å². The van der Waals surface area contributed by atoms with Gasteiger partial charge in [-0.05, 0) is 43.4 Å². The lowest BCUT2D eigenvalue weighted by atomic mass is 10.1. The Hall–Kier alpha value is -0.930. The Morgan fingerprint density at radius 2 is 2.41 bits per heavy atom. The van der Waals surface area contributed by atoms with Gasteiger partial charge in [0, 0.05) is 19.2 Å². The van der Waals surface area contributed by atoms with Crippen LogP contribution in [-0.4, -0.2) is 25.8 Å². The second kappa shape index (κ2) is 6.12. The first-order valence-corrected chi connectivity index (χ1v) is 6.29. The molecule has 1 aromatic rings. The van der Waals surface area contributed by atoms with E-state index in [0.29, 0.717) is 12.0 Å². The minimum Gasteiger partial charge on any atom is -0.381 e. The topological polar surface area (TPSA) is 21.3 Å². The van der Waals surface area contributed by atoms with E-state index < -0.39 is 0 Å². The van der Waals surface area contributed by atoms with Crippen LogP contribution in [0.2, 0.25) is 0 Å². The molecule has 17 heavy (non-hydrogen) atoms. The molecule has 0 bridgehead atoms. The molecule has 1 fully saturated rings. The minimum atomic E-state index is -0.154. The zero-order valence-electron chi connectivity index (χ0n) is 10.3. The fraction of sp³-hybridized carbons (Fsp3) is 0.571. The summed E-state index contributed by atoms with van der Waals surface area (Å²) in [6.45, 7) is 4.90. The molecular formula is C14H20FNO. The standard InChI is InChI=1S/C14H20FNO/c1-11(16-9-13-5-6-17-10-13)7-12-3-2-4-14(15)8-12/h2-4,8,11,13,16H,5-7,9-10H2,1H3. The fourth-order valence-corrected chi connectivity index (χ4v) is 2.20. The molecule has 0 radical (unpaired) electrons. The first-order chi connectivity index (χ1) is 8.24. The molecular weight excluding hydrogens is 217 g/mol. The highest BCUT2D eigenvalue weighted by Gasteiger charge is 2.16. The van der Waals surface area contributed by atoms with Gasteiger partial charge in [0.2, 0.25) is 0 Å². The number of benzene rings is 1. The molecule has 0 amide bonds. The summed E-state index contributed by atoms with van der Waals surface area (Å²) in [5.41, 5.74) is 1.05. The molecule has 3 heteroatoms. The van der Waals surface area contributed by atoms with Gasteiger partial charge < -0.3 is 10.1 Å². The molecule has 2 rings (SSSR count). The molecule has 1 heterocycles. The van der Waals surface area contributed by atoms with Gasteiger partial charge >= 0.3 is 0 Å². The summed E-state index contributed by atoms with van der Waals surface area (Å²) in [5.74, 6) is 0.490. The molecule has 1 aromatic carbocycles. The van der Waals surface area contributed by atoms with Gasteiger partial charge in [-0.25, -0.2) is 4.39 Å². The van der Waals surface area contributed by atoms with Crippen molar-refractivity contribution in [1.82, 2.24) is 5.32 Å². The van der Waals surface area contributed by atoms with E-state index in [9.17, 15) is 4.39 Å². The Labute approximate surface area is 102 Å². The van der Waals surface area contributed by atoms with Gasteiger partial charge in [-0.3, -0.25) is 0 Å². The molecule has 2 unspecified atom stereocenters. The maximum Gasteiger partial charge on any atom is 0.123 e. The monoisotopic (exact) mass is 237 g/mol. The van der Waals surface area contributed by atoms with Gasteiger partial charge in [-0.1, -0.05) is 12.1 Å². The van der Waals surface area contributed by atoms with Crippen LogP contribution in [0, 0.1) is 11.7 Å². The predicted octanol–water partition coefficient (Wildman–Crippen LogP) is 2.38. The minimum absolute atomic E-state index is 0.154. The first kappa shape index (κ1) is 12.5. The van der Waals surface area contributed by atoms with Gasteiger partial charge in [0.1, 0.15) is 5.82 Å². The molecule has 94 valence electrons. The summed E-state index contributed by atoms with van der Waals surface area (Å²) < 4.78 is 18.3. The van der Waals surface area contributed by atoms with Crippen LogP contribution in [-0.2, 0) is 11.2 Å². The number of hydrogen-bond acceptors (Lipinski definition) is 2. The zero-order chi connectivity index (χ0) is 12.1. The van der Waals surface area contributed by atoms with Crippen LogP contribution in [0.15, 0.2) is 24.3 Å². The molecule has 2 nitrogen and oxygen atoms in total. The van der Waals surface area contributed by atoms with E-state index in [2.05, 4.69) is 12.2 Å². The van der Waals surface area contributed by atoms with E-state index >= 15 is 0 Å². The molecule has 1 saturated heterocycles. The molecule has 0 aliphatic carbocycles. The Morgan fingerprint density at radius 1 is 1.53 bits per heavy atom. The lowest BCUT2D eigenvalue weighted by Crippen LogP contribution is -2.32. The Bertz CT molecular complexity index is 350. The second-order valence-electron chi connectivity index (χ2n) is 4.87. The predicted molar refractivity (Wildman–Crippen MR) is 66.5 cm³/mol. The number of nitrogens with one attached hydrogen (secondary N) is 1. The lowest BCUT2D eigenvalue weighted by molar-refractivity contribution is 0.184. The van der Waals surface area contributed by atoms with E-state index in [1.54, 1.807) is 12.1 Å². The summed E-state index contributed by atoms with van der Waals surface area (Å²) in [6, 6.07) is 7.20. The van der Waals surface area contributed by atoms with E-state index in [4.69, 9.17) is 4.74 Å². The second-order valence-corrected chi connectivity index (χ2v) is 4.87. The van der Waals surface area contributed by atoms with Crippen molar-refractivity contribution in [2.45, 2.75) is 25.8 Å². The first-order valence-electron chi connectivity index (χ1n) is 6.29. The van der Waals surface area contributed by atoms with Crippen molar-refractivity contribution in [2.24, 2.45) is 5.92 Å². The van der Waals surface area contributed by atoms with Crippen molar-refractivity contribution < 1.29 is 9.13 Å². The highest BCUT2D eigenvalue weighted by molar-refractivity contribution is 5.17. The van der Waals surface area contributed by atoms with Crippen LogP contribution in [0.1, 0.15) is 18.9 Å². The normalized spacial score (nSPS) is 21.6. The van der Waals surface area contributed by atoms with Crippen molar-refractivity contribution in [3.05, 3.63) is 35.6 Å². The van der Waals surface area contributed by atoms with Gasteiger partial charge in [0.25, 0.3) is 0 Å². The zero-order valence-corrected chi connectivity index (χ0v) is 10.3. The molecule has 2 atom stereocenters. The summed E-state index contributed by atoms with van der Waals surface area (Å²) in [4.78, 5) is 0. The van der Waals surface area contributed by atoms with Crippen molar-refractivity contribution in [3.63, 3.8) is 0 Å². The van der Waals surface area contributed by atoms with Crippen LogP contribution in [0.5, 0.6) is 0 Å². The van der Waals surface area contributed by atoms with Crippen molar-refractivity contribution >= 4 is 0 Å². The highest BCUT2D eigenvalue weighted by Crippen LogP contribution is 2.12. The van der Waals surface area contributed by atoms with Gasteiger partial charge in [0.05, 0.1) is 6.61 Å². The molecule has 1 aliphatic heterocycles. The number of hydrogen-bond donors (Lipinski definition) is 1. The number of ether oxygens (including phenoxy) is 1. The maximum atomic E-state index is 13.0. The quantitative estimate of drug-likeness (QED) is 0.849. The third kappa shape index (κ3) is 4.10. The Morgan fingerprint density at radius 3 is 3.12 bits per heavy atom. The molecule has 0 saturated carbocycles. The van der Waals surface area contributed by atoms with Crippen molar-refractivity contribution in [1.29, 1.82) is 0 Å². The summed E-state index contributed by atoms with van der Waals surface area (Å²) >= 11 is 0. The summed E-state index contributed by atoms with van der Waals surface area (Å²) in [7, 11) is 0. The Balaban J connectivity index is 1.74. The smallest absolute Gasteiger partial charge is 0.123 e. The van der Waals surface area contributed by atoms with Gasteiger partial charge in [-0.15, -0.1) is 0 Å². The largest absolute Gasteiger partial charge is 0.381 e.